The molecule has 0 heterocycles. The van der Waals surface area contributed by atoms with Gasteiger partial charge in [0.2, 0.25) is 0 Å². The van der Waals surface area contributed by atoms with E-state index in [1.165, 1.54) is 13.2 Å². The van der Waals surface area contributed by atoms with Crippen molar-refractivity contribution in [2.24, 2.45) is 0 Å². The molecule has 0 fully saturated rings. The first-order valence-electron chi connectivity index (χ1n) is 5.43. The highest BCUT2D eigenvalue weighted by atomic mass is 79.9. The zero-order valence-corrected chi connectivity index (χ0v) is 12.8. The Labute approximate surface area is 126 Å². The number of alkyl halides is 3. The smallest absolute Gasteiger partial charge is 0.497 e. The van der Waals surface area contributed by atoms with E-state index in [4.69, 9.17) is 4.74 Å². The van der Waals surface area contributed by atoms with Crippen LogP contribution >= 0.6 is 15.9 Å². The lowest BCUT2D eigenvalue weighted by molar-refractivity contribution is -0.0500. The first kappa shape index (κ1) is 15.9. The van der Waals surface area contributed by atoms with Gasteiger partial charge in [-0.3, -0.25) is 0 Å². The van der Waals surface area contributed by atoms with E-state index in [0.29, 0.717) is 16.5 Å². The Morgan fingerprint density at radius 1 is 1.14 bits per heavy atom. The highest BCUT2D eigenvalue weighted by Gasteiger charge is 2.48. The molecule has 0 aromatic heterocycles. The van der Waals surface area contributed by atoms with Crippen LogP contribution in [0.15, 0.2) is 34.8 Å². The molecule has 0 aliphatic rings. The minimum Gasteiger partial charge on any atom is -0.497 e. The van der Waals surface area contributed by atoms with Gasteiger partial charge in [0, 0.05) is 0 Å². The molecule has 2 rings (SSSR count). The van der Waals surface area contributed by atoms with Gasteiger partial charge in [-0.25, -0.2) is 0 Å². The Bertz CT molecular complexity index is 787. The second-order valence-electron chi connectivity index (χ2n) is 3.95. The summed E-state index contributed by atoms with van der Waals surface area (Å²) in [7, 11) is -4.23. The van der Waals surface area contributed by atoms with E-state index >= 15 is 0 Å². The van der Waals surface area contributed by atoms with E-state index in [-0.39, 0.29) is 4.47 Å². The largest absolute Gasteiger partial charge is 0.534 e. The van der Waals surface area contributed by atoms with E-state index in [1.54, 1.807) is 18.2 Å². The van der Waals surface area contributed by atoms with Crippen molar-refractivity contribution in [3.05, 3.63) is 34.8 Å². The standard InChI is InChI=1S/C12H8BrF3O4S/c1-19-8-3-4-9-7(6-8)2-5-10(11(9)13)20-21(17,18)12(14,15)16/h2-6H,1H3. The van der Waals surface area contributed by atoms with Crippen LogP contribution in [0.25, 0.3) is 10.8 Å². The fraction of sp³-hybridized carbons (Fsp3) is 0.167. The predicted molar refractivity (Wildman–Crippen MR) is 73.8 cm³/mol. The Kier molecular flexibility index (Phi) is 4.07. The molecule has 0 spiro atoms. The molecule has 0 amide bonds. The topological polar surface area (TPSA) is 52.6 Å². The van der Waals surface area contributed by atoms with E-state index < -0.39 is 21.4 Å². The fourth-order valence-corrected chi connectivity index (χ4v) is 2.76. The first-order valence-corrected chi connectivity index (χ1v) is 7.63. The molecule has 0 N–H and O–H groups in total. The first-order chi connectivity index (χ1) is 9.65. The highest BCUT2D eigenvalue weighted by Crippen LogP contribution is 2.37. The van der Waals surface area contributed by atoms with Crippen LogP contribution in [-0.2, 0) is 10.1 Å². The lowest BCUT2D eigenvalue weighted by Crippen LogP contribution is -2.28. The Hall–Kier alpha value is -1.48. The summed E-state index contributed by atoms with van der Waals surface area (Å²) in [6.45, 7) is 0. The van der Waals surface area contributed by atoms with Gasteiger partial charge < -0.3 is 8.92 Å². The van der Waals surface area contributed by atoms with Crippen molar-refractivity contribution in [3.63, 3.8) is 0 Å². The van der Waals surface area contributed by atoms with Crippen LogP contribution in [0.3, 0.4) is 0 Å². The molecule has 0 atom stereocenters. The average molecular weight is 385 g/mol. The molecule has 0 radical (unpaired) electrons. The van der Waals surface area contributed by atoms with E-state index in [0.717, 1.165) is 6.07 Å². The lowest BCUT2D eigenvalue weighted by atomic mass is 10.1. The SMILES string of the molecule is COc1ccc2c(Br)c(OS(=O)(=O)C(F)(F)F)ccc2c1. The van der Waals surface area contributed by atoms with Crippen molar-refractivity contribution in [2.45, 2.75) is 5.51 Å². The second-order valence-corrected chi connectivity index (χ2v) is 6.28. The molecule has 9 heteroatoms. The van der Waals surface area contributed by atoms with Crippen LogP contribution in [0.5, 0.6) is 11.5 Å². The van der Waals surface area contributed by atoms with Gasteiger partial charge in [0.1, 0.15) is 5.75 Å². The minimum absolute atomic E-state index is 0.107. The molecule has 0 bridgehead atoms. The second kappa shape index (κ2) is 5.38. The Balaban J connectivity index is 2.51. The van der Waals surface area contributed by atoms with Gasteiger partial charge in [-0.05, 0) is 51.0 Å². The quantitative estimate of drug-likeness (QED) is 0.595. The Morgan fingerprint density at radius 2 is 1.81 bits per heavy atom. The van der Waals surface area contributed by atoms with E-state index in [1.807, 2.05) is 0 Å². The van der Waals surface area contributed by atoms with Gasteiger partial charge in [-0.2, -0.15) is 21.6 Å². The molecule has 2 aromatic rings. The van der Waals surface area contributed by atoms with Crippen LogP contribution in [0, 0.1) is 0 Å². The third-order valence-electron chi connectivity index (χ3n) is 2.61. The fourth-order valence-electron chi connectivity index (χ4n) is 1.61. The lowest BCUT2D eigenvalue weighted by Gasteiger charge is -2.12. The van der Waals surface area contributed by atoms with Gasteiger partial charge >= 0.3 is 15.6 Å². The van der Waals surface area contributed by atoms with Crippen LogP contribution < -0.4 is 8.92 Å². The van der Waals surface area contributed by atoms with E-state index in [2.05, 4.69) is 20.1 Å². The van der Waals surface area contributed by atoms with Crippen LogP contribution in [-0.4, -0.2) is 21.0 Å². The molecule has 0 saturated carbocycles. The minimum atomic E-state index is -5.71. The molecule has 0 aliphatic carbocycles. The van der Waals surface area contributed by atoms with Gasteiger partial charge in [0.15, 0.2) is 5.75 Å². The summed E-state index contributed by atoms with van der Waals surface area (Å²) < 4.78 is 68.3. The summed E-state index contributed by atoms with van der Waals surface area (Å²) in [6, 6.07) is 7.39. The molecule has 2 aromatic carbocycles. The Morgan fingerprint density at radius 3 is 2.38 bits per heavy atom. The molecular weight excluding hydrogens is 377 g/mol. The summed E-state index contributed by atoms with van der Waals surface area (Å²) in [4.78, 5) is 0. The molecular formula is C12H8BrF3O4S. The van der Waals surface area contributed by atoms with Crippen molar-refractivity contribution in [1.82, 2.24) is 0 Å². The highest BCUT2D eigenvalue weighted by molar-refractivity contribution is 9.10. The van der Waals surface area contributed by atoms with Crippen LogP contribution in [0.4, 0.5) is 13.2 Å². The van der Waals surface area contributed by atoms with Gasteiger partial charge in [-0.1, -0.05) is 6.07 Å². The summed E-state index contributed by atoms with van der Waals surface area (Å²) >= 11 is 3.05. The number of halogens is 4. The number of rotatable bonds is 3. The molecule has 0 saturated heterocycles. The number of ether oxygens (including phenoxy) is 1. The van der Waals surface area contributed by atoms with Crippen molar-refractivity contribution >= 4 is 36.8 Å². The number of hydrogen-bond donors (Lipinski definition) is 0. The number of benzene rings is 2. The normalized spacial score (nSPS) is 12.4. The van der Waals surface area contributed by atoms with Gasteiger partial charge in [0.25, 0.3) is 0 Å². The average Bonchev–Trinajstić information content (AvgIpc) is 2.40. The number of fused-ring (bicyclic) bond motifs is 1. The summed E-state index contributed by atoms with van der Waals surface area (Å²) in [6.07, 6.45) is 0. The molecule has 4 nitrogen and oxygen atoms in total. The predicted octanol–water partition coefficient (Wildman–Crippen LogP) is 3.84. The van der Waals surface area contributed by atoms with Crippen molar-refractivity contribution in [3.8, 4) is 11.5 Å². The van der Waals surface area contributed by atoms with Gasteiger partial charge in [-0.15, -0.1) is 0 Å². The monoisotopic (exact) mass is 384 g/mol. The van der Waals surface area contributed by atoms with Crippen LogP contribution in [0.1, 0.15) is 0 Å². The zero-order chi connectivity index (χ0) is 15.8. The molecule has 114 valence electrons. The van der Waals surface area contributed by atoms with E-state index in [9.17, 15) is 21.6 Å². The molecule has 0 aliphatic heterocycles. The maximum absolute atomic E-state index is 12.3. The van der Waals surface area contributed by atoms with Crippen molar-refractivity contribution < 1.29 is 30.5 Å². The van der Waals surface area contributed by atoms with Crippen molar-refractivity contribution in [1.29, 1.82) is 0 Å². The molecule has 0 unspecified atom stereocenters. The third kappa shape index (κ3) is 3.08. The number of hydrogen-bond acceptors (Lipinski definition) is 4. The maximum Gasteiger partial charge on any atom is 0.534 e. The van der Waals surface area contributed by atoms with Gasteiger partial charge in [0.05, 0.1) is 11.6 Å². The van der Waals surface area contributed by atoms with Crippen LogP contribution in [0.2, 0.25) is 0 Å². The zero-order valence-electron chi connectivity index (χ0n) is 10.4. The van der Waals surface area contributed by atoms with Crippen molar-refractivity contribution in [2.75, 3.05) is 7.11 Å². The summed E-state index contributed by atoms with van der Waals surface area (Å²) in [5.41, 5.74) is -5.48. The summed E-state index contributed by atoms with van der Waals surface area (Å²) in [5, 5.41) is 1.14. The number of methoxy groups -OCH3 is 1. The third-order valence-corrected chi connectivity index (χ3v) is 4.39. The molecule has 21 heavy (non-hydrogen) atoms. The summed E-state index contributed by atoms with van der Waals surface area (Å²) in [5.74, 6) is 0.121. The maximum atomic E-state index is 12.3.